The summed E-state index contributed by atoms with van der Waals surface area (Å²) in [4.78, 5) is 4.18. The van der Waals surface area contributed by atoms with Crippen molar-refractivity contribution < 1.29 is 14.4 Å². The molecule has 1 rings (SSSR count). The molecule has 92 valence electrons. The molecule has 2 unspecified atom stereocenters. The van der Waals surface area contributed by atoms with Crippen molar-refractivity contribution in [2.24, 2.45) is 5.73 Å². The molecule has 6 nitrogen and oxygen atoms in total. The minimum Gasteiger partial charge on any atom is -0.396 e. The number of nitrogens with zero attached hydrogens (tertiary/aromatic N) is 2. The van der Waals surface area contributed by atoms with Crippen molar-refractivity contribution in [3.05, 3.63) is 11.7 Å². The Bertz CT molecular complexity index is 303. The number of hydrogen-bond acceptors (Lipinski definition) is 6. The molecule has 0 saturated heterocycles. The quantitative estimate of drug-likeness (QED) is 0.722. The summed E-state index contributed by atoms with van der Waals surface area (Å²) in [5.41, 5.74) is 5.74. The van der Waals surface area contributed by atoms with Gasteiger partial charge in [0.25, 0.3) is 0 Å². The highest BCUT2D eigenvalue weighted by molar-refractivity contribution is 4.94. The molecule has 0 bridgehead atoms. The van der Waals surface area contributed by atoms with Crippen LogP contribution >= 0.6 is 0 Å². The number of aliphatic hydroxyl groups is 1. The predicted octanol–water partition coefficient (Wildman–Crippen LogP) is 0.939. The minimum atomic E-state index is -0.412. The van der Waals surface area contributed by atoms with E-state index in [9.17, 15) is 0 Å². The minimum absolute atomic E-state index is 0.00153. The van der Waals surface area contributed by atoms with Gasteiger partial charge in [-0.2, -0.15) is 4.98 Å². The third-order valence-corrected chi connectivity index (χ3v) is 2.24. The monoisotopic (exact) mass is 229 g/mol. The Labute approximate surface area is 94.8 Å². The van der Waals surface area contributed by atoms with Gasteiger partial charge in [0.2, 0.25) is 11.7 Å². The Kier molecular flexibility index (Phi) is 5.37. The van der Waals surface area contributed by atoms with Gasteiger partial charge in [-0.25, -0.2) is 0 Å². The smallest absolute Gasteiger partial charge is 0.243 e. The lowest BCUT2D eigenvalue weighted by Gasteiger charge is -2.09. The average molecular weight is 229 g/mol. The molecule has 2 atom stereocenters. The van der Waals surface area contributed by atoms with Gasteiger partial charge >= 0.3 is 0 Å². The second-order valence-corrected chi connectivity index (χ2v) is 3.46. The van der Waals surface area contributed by atoms with Crippen molar-refractivity contribution in [1.29, 1.82) is 0 Å². The Balaban J connectivity index is 2.68. The third kappa shape index (κ3) is 3.26. The van der Waals surface area contributed by atoms with Crippen molar-refractivity contribution >= 4 is 0 Å². The molecule has 0 aliphatic carbocycles. The summed E-state index contributed by atoms with van der Waals surface area (Å²) in [6, 6.07) is -0.412. The summed E-state index contributed by atoms with van der Waals surface area (Å²) >= 11 is 0. The molecule has 0 saturated carbocycles. The first-order valence-corrected chi connectivity index (χ1v) is 5.54. The Hall–Kier alpha value is -0.980. The highest BCUT2D eigenvalue weighted by atomic mass is 16.5. The van der Waals surface area contributed by atoms with Crippen molar-refractivity contribution in [2.75, 3.05) is 13.2 Å². The lowest BCUT2D eigenvalue weighted by Crippen LogP contribution is -2.13. The largest absolute Gasteiger partial charge is 0.396 e. The normalized spacial score (nSPS) is 15.0. The highest BCUT2D eigenvalue weighted by Crippen LogP contribution is 2.20. The van der Waals surface area contributed by atoms with Crippen LogP contribution in [0.4, 0.5) is 0 Å². The lowest BCUT2D eigenvalue weighted by atomic mass is 10.2. The lowest BCUT2D eigenvalue weighted by molar-refractivity contribution is 0.0518. The van der Waals surface area contributed by atoms with Gasteiger partial charge in [-0.15, -0.1) is 0 Å². The SMILES string of the molecule is CCOC(CC)c1noc(C(N)CCO)n1. The van der Waals surface area contributed by atoms with Crippen LogP contribution in [0.25, 0.3) is 0 Å². The fraction of sp³-hybridized carbons (Fsp3) is 0.800. The van der Waals surface area contributed by atoms with Gasteiger partial charge in [0.1, 0.15) is 6.10 Å². The third-order valence-electron chi connectivity index (χ3n) is 2.24. The van der Waals surface area contributed by atoms with E-state index in [2.05, 4.69) is 10.1 Å². The van der Waals surface area contributed by atoms with Crippen molar-refractivity contribution in [3.63, 3.8) is 0 Å². The number of hydrogen-bond donors (Lipinski definition) is 2. The first-order chi connectivity index (χ1) is 7.72. The van der Waals surface area contributed by atoms with E-state index in [4.69, 9.17) is 20.1 Å². The average Bonchev–Trinajstić information content (AvgIpc) is 2.75. The summed E-state index contributed by atoms with van der Waals surface area (Å²) in [6.45, 7) is 4.51. The maximum Gasteiger partial charge on any atom is 0.243 e. The molecule has 1 heterocycles. The van der Waals surface area contributed by atoms with Crippen LogP contribution in [0, 0.1) is 0 Å². The predicted molar refractivity (Wildman–Crippen MR) is 57.6 cm³/mol. The second-order valence-electron chi connectivity index (χ2n) is 3.46. The zero-order valence-electron chi connectivity index (χ0n) is 9.72. The zero-order valence-corrected chi connectivity index (χ0v) is 9.72. The Morgan fingerprint density at radius 3 is 2.81 bits per heavy atom. The van der Waals surface area contributed by atoms with Crippen LogP contribution in [0.2, 0.25) is 0 Å². The standard InChI is InChI=1S/C10H19N3O3/c1-3-8(15-4-2)9-12-10(16-13-9)7(11)5-6-14/h7-8,14H,3-6,11H2,1-2H3. The molecule has 3 N–H and O–H groups in total. The van der Waals surface area contributed by atoms with Crippen molar-refractivity contribution in [3.8, 4) is 0 Å². The fourth-order valence-corrected chi connectivity index (χ4v) is 1.37. The van der Waals surface area contributed by atoms with Crippen LogP contribution in [0.1, 0.15) is 50.6 Å². The van der Waals surface area contributed by atoms with Gasteiger partial charge in [0.05, 0.1) is 6.04 Å². The van der Waals surface area contributed by atoms with Gasteiger partial charge in [0.15, 0.2) is 0 Å². The van der Waals surface area contributed by atoms with E-state index < -0.39 is 6.04 Å². The summed E-state index contributed by atoms with van der Waals surface area (Å²) in [5, 5.41) is 12.6. The molecular weight excluding hydrogens is 210 g/mol. The molecule has 1 aromatic rings. The molecular formula is C10H19N3O3. The molecule has 0 aromatic carbocycles. The number of aliphatic hydroxyl groups excluding tert-OH is 1. The van der Waals surface area contributed by atoms with E-state index in [0.29, 0.717) is 24.7 Å². The molecule has 0 fully saturated rings. The number of nitrogens with two attached hydrogens (primary N) is 1. The topological polar surface area (TPSA) is 94.4 Å². The van der Waals surface area contributed by atoms with Gasteiger partial charge < -0.3 is 20.1 Å². The van der Waals surface area contributed by atoms with Crippen LogP contribution in [0.3, 0.4) is 0 Å². The summed E-state index contributed by atoms with van der Waals surface area (Å²) in [7, 11) is 0. The van der Waals surface area contributed by atoms with E-state index in [1.54, 1.807) is 0 Å². The van der Waals surface area contributed by atoms with Crippen LogP contribution < -0.4 is 5.73 Å². The summed E-state index contributed by atoms with van der Waals surface area (Å²) < 4.78 is 10.5. The van der Waals surface area contributed by atoms with Crippen LogP contribution in [0.5, 0.6) is 0 Å². The maximum atomic E-state index is 8.75. The first-order valence-electron chi connectivity index (χ1n) is 5.54. The summed E-state index contributed by atoms with van der Waals surface area (Å²) in [5.74, 6) is 0.870. The molecule has 16 heavy (non-hydrogen) atoms. The number of aromatic nitrogens is 2. The number of ether oxygens (including phenoxy) is 1. The van der Waals surface area contributed by atoms with Crippen molar-refractivity contribution in [1.82, 2.24) is 10.1 Å². The highest BCUT2D eigenvalue weighted by Gasteiger charge is 2.19. The Morgan fingerprint density at radius 1 is 1.50 bits per heavy atom. The van der Waals surface area contributed by atoms with E-state index in [1.165, 1.54) is 0 Å². The van der Waals surface area contributed by atoms with Crippen LogP contribution in [0.15, 0.2) is 4.52 Å². The fourth-order valence-electron chi connectivity index (χ4n) is 1.37. The van der Waals surface area contributed by atoms with Crippen LogP contribution in [-0.4, -0.2) is 28.5 Å². The van der Waals surface area contributed by atoms with E-state index in [-0.39, 0.29) is 12.7 Å². The first kappa shape index (κ1) is 13.1. The molecule has 0 aliphatic heterocycles. The van der Waals surface area contributed by atoms with Gasteiger partial charge in [-0.1, -0.05) is 12.1 Å². The molecule has 6 heteroatoms. The zero-order chi connectivity index (χ0) is 12.0. The van der Waals surface area contributed by atoms with Crippen LogP contribution in [-0.2, 0) is 4.74 Å². The molecule has 0 spiro atoms. The number of rotatable bonds is 7. The van der Waals surface area contributed by atoms with Gasteiger partial charge in [-0.05, 0) is 19.8 Å². The molecule has 0 amide bonds. The Morgan fingerprint density at radius 2 is 2.25 bits per heavy atom. The van der Waals surface area contributed by atoms with Gasteiger partial charge in [-0.3, -0.25) is 0 Å². The van der Waals surface area contributed by atoms with Gasteiger partial charge in [0, 0.05) is 13.2 Å². The van der Waals surface area contributed by atoms with Crippen molar-refractivity contribution in [2.45, 2.75) is 38.8 Å². The van der Waals surface area contributed by atoms with E-state index in [1.807, 2.05) is 13.8 Å². The molecule has 0 radical (unpaired) electrons. The van der Waals surface area contributed by atoms with E-state index in [0.717, 1.165) is 6.42 Å². The van der Waals surface area contributed by atoms with E-state index >= 15 is 0 Å². The summed E-state index contributed by atoms with van der Waals surface area (Å²) in [6.07, 6.45) is 1.04. The second kappa shape index (κ2) is 6.57. The maximum absolute atomic E-state index is 8.75. The molecule has 1 aromatic heterocycles. The molecule has 0 aliphatic rings.